The molecular formula is C22H19F3N2S. The number of thiocarbonyl (C=S) groups is 1. The molecule has 2 nitrogen and oxygen atoms in total. The van der Waals surface area contributed by atoms with Gasteiger partial charge in [-0.2, -0.15) is 13.2 Å². The summed E-state index contributed by atoms with van der Waals surface area (Å²) in [6.07, 6.45) is -4.40. The van der Waals surface area contributed by atoms with Gasteiger partial charge in [0, 0.05) is 5.69 Å². The zero-order valence-corrected chi connectivity index (χ0v) is 15.9. The molecule has 1 unspecified atom stereocenters. The maximum atomic E-state index is 12.9. The second-order valence-electron chi connectivity index (χ2n) is 6.43. The Morgan fingerprint density at radius 2 is 1.50 bits per heavy atom. The monoisotopic (exact) mass is 400 g/mol. The van der Waals surface area contributed by atoms with E-state index in [1.807, 2.05) is 61.5 Å². The molecule has 0 aliphatic rings. The minimum Gasteiger partial charge on any atom is -0.352 e. The Morgan fingerprint density at radius 3 is 2.14 bits per heavy atom. The Labute approximate surface area is 167 Å². The van der Waals surface area contributed by atoms with E-state index in [4.69, 9.17) is 12.2 Å². The molecule has 3 aromatic carbocycles. The number of rotatable bonds is 4. The second-order valence-corrected chi connectivity index (χ2v) is 6.84. The van der Waals surface area contributed by atoms with E-state index in [-0.39, 0.29) is 16.8 Å². The van der Waals surface area contributed by atoms with Crippen molar-refractivity contribution in [3.63, 3.8) is 0 Å². The van der Waals surface area contributed by atoms with E-state index in [9.17, 15) is 13.2 Å². The predicted molar refractivity (Wildman–Crippen MR) is 110 cm³/mol. The van der Waals surface area contributed by atoms with Gasteiger partial charge in [0.2, 0.25) is 0 Å². The van der Waals surface area contributed by atoms with Crippen LogP contribution in [0.1, 0.15) is 28.3 Å². The molecule has 3 rings (SSSR count). The zero-order valence-electron chi connectivity index (χ0n) is 15.1. The van der Waals surface area contributed by atoms with Crippen molar-refractivity contribution in [3.8, 4) is 0 Å². The molecule has 0 spiro atoms. The van der Waals surface area contributed by atoms with E-state index in [2.05, 4.69) is 10.6 Å². The predicted octanol–water partition coefficient (Wildman–Crippen LogP) is 6.09. The summed E-state index contributed by atoms with van der Waals surface area (Å²) in [7, 11) is 0. The zero-order chi connectivity index (χ0) is 20.1. The molecule has 0 saturated carbocycles. The van der Waals surface area contributed by atoms with E-state index in [1.54, 1.807) is 6.07 Å². The maximum absolute atomic E-state index is 12.9. The highest BCUT2D eigenvalue weighted by molar-refractivity contribution is 7.80. The van der Waals surface area contributed by atoms with E-state index in [1.165, 1.54) is 6.07 Å². The molecule has 0 fully saturated rings. The average Bonchev–Trinajstić information content (AvgIpc) is 2.67. The second kappa shape index (κ2) is 8.44. The maximum Gasteiger partial charge on any atom is 0.416 e. The number of alkyl halides is 3. The van der Waals surface area contributed by atoms with Crippen LogP contribution in [-0.4, -0.2) is 5.11 Å². The van der Waals surface area contributed by atoms with Gasteiger partial charge < -0.3 is 10.6 Å². The molecule has 3 aromatic rings. The van der Waals surface area contributed by atoms with E-state index < -0.39 is 11.7 Å². The number of hydrogen-bond acceptors (Lipinski definition) is 1. The Morgan fingerprint density at radius 1 is 0.857 bits per heavy atom. The normalized spacial score (nSPS) is 12.3. The van der Waals surface area contributed by atoms with Crippen LogP contribution in [0.5, 0.6) is 0 Å². The lowest BCUT2D eigenvalue weighted by Gasteiger charge is -2.22. The Kier molecular flexibility index (Phi) is 5.99. The highest BCUT2D eigenvalue weighted by atomic mass is 32.1. The van der Waals surface area contributed by atoms with Crippen molar-refractivity contribution >= 4 is 23.0 Å². The van der Waals surface area contributed by atoms with Crippen molar-refractivity contribution in [3.05, 3.63) is 101 Å². The number of aryl methyl sites for hydroxylation is 1. The van der Waals surface area contributed by atoms with Crippen molar-refractivity contribution < 1.29 is 13.2 Å². The van der Waals surface area contributed by atoms with Crippen LogP contribution in [-0.2, 0) is 6.18 Å². The van der Waals surface area contributed by atoms with Crippen LogP contribution in [0, 0.1) is 6.92 Å². The minimum atomic E-state index is -4.40. The number of halogens is 3. The number of anilines is 1. The lowest BCUT2D eigenvalue weighted by atomic mass is 9.98. The van der Waals surface area contributed by atoms with Crippen LogP contribution < -0.4 is 10.6 Å². The van der Waals surface area contributed by atoms with Crippen molar-refractivity contribution in [1.82, 2.24) is 5.32 Å². The summed E-state index contributed by atoms with van der Waals surface area (Å²) in [5, 5.41) is 6.32. The van der Waals surface area contributed by atoms with Gasteiger partial charge in [-0.15, -0.1) is 0 Å². The SMILES string of the molecule is Cc1ccc(C(NC(=S)Nc2cccc(C(F)(F)F)c2)c2ccccc2)cc1. The molecule has 0 saturated heterocycles. The third kappa shape index (κ3) is 5.10. The van der Waals surface area contributed by atoms with Gasteiger partial charge in [0.15, 0.2) is 5.11 Å². The molecule has 0 aromatic heterocycles. The van der Waals surface area contributed by atoms with Gasteiger partial charge in [-0.1, -0.05) is 66.2 Å². The highest BCUT2D eigenvalue weighted by Crippen LogP contribution is 2.30. The molecule has 0 heterocycles. The van der Waals surface area contributed by atoms with Gasteiger partial charge in [0.05, 0.1) is 11.6 Å². The Hall–Kier alpha value is -2.86. The molecule has 0 aliphatic heterocycles. The van der Waals surface area contributed by atoms with E-state index in [0.717, 1.165) is 28.8 Å². The molecule has 1 atom stereocenters. The minimum absolute atomic E-state index is 0.229. The molecular weight excluding hydrogens is 381 g/mol. The first kappa shape index (κ1) is 19.9. The lowest BCUT2D eigenvalue weighted by Crippen LogP contribution is -2.33. The van der Waals surface area contributed by atoms with Crippen molar-refractivity contribution in [2.24, 2.45) is 0 Å². The largest absolute Gasteiger partial charge is 0.416 e. The third-order valence-electron chi connectivity index (χ3n) is 4.27. The molecule has 2 N–H and O–H groups in total. The van der Waals surface area contributed by atoms with Crippen molar-refractivity contribution in [2.75, 3.05) is 5.32 Å². The summed E-state index contributed by atoms with van der Waals surface area (Å²) in [4.78, 5) is 0. The van der Waals surface area contributed by atoms with Crippen LogP contribution in [0.25, 0.3) is 0 Å². The van der Waals surface area contributed by atoms with Crippen molar-refractivity contribution in [2.45, 2.75) is 19.1 Å². The van der Waals surface area contributed by atoms with Gasteiger partial charge in [0.25, 0.3) is 0 Å². The van der Waals surface area contributed by atoms with Crippen LogP contribution >= 0.6 is 12.2 Å². The fourth-order valence-corrected chi connectivity index (χ4v) is 3.07. The van der Waals surface area contributed by atoms with E-state index >= 15 is 0 Å². The van der Waals surface area contributed by atoms with Crippen LogP contribution in [0.3, 0.4) is 0 Å². The van der Waals surface area contributed by atoms with Gasteiger partial charge in [0.1, 0.15) is 0 Å². The van der Waals surface area contributed by atoms with Gasteiger partial charge in [-0.3, -0.25) is 0 Å². The third-order valence-corrected chi connectivity index (χ3v) is 4.49. The summed E-state index contributed by atoms with van der Waals surface area (Å²) in [5.74, 6) is 0. The summed E-state index contributed by atoms with van der Waals surface area (Å²) >= 11 is 5.37. The summed E-state index contributed by atoms with van der Waals surface area (Å²) in [5.41, 5.74) is 2.70. The fraction of sp³-hybridized carbons (Fsp3) is 0.136. The number of hydrogen-bond donors (Lipinski definition) is 2. The first-order valence-corrected chi connectivity index (χ1v) is 9.10. The summed E-state index contributed by atoms with van der Waals surface area (Å²) in [6, 6.07) is 22.5. The van der Waals surface area contributed by atoms with Crippen LogP contribution in [0.15, 0.2) is 78.9 Å². The number of benzene rings is 3. The quantitative estimate of drug-likeness (QED) is 0.518. The first-order chi connectivity index (χ1) is 13.3. The molecule has 0 amide bonds. The van der Waals surface area contributed by atoms with Gasteiger partial charge >= 0.3 is 6.18 Å². The molecule has 144 valence electrons. The molecule has 0 aliphatic carbocycles. The van der Waals surface area contributed by atoms with Crippen LogP contribution in [0.4, 0.5) is 18.9 Å². The van der Waals surface area contributed by atoms with Crippen LogP contribution in [0.2, 0.25) is 0 Å². The Balaban J connectivity index is 1.81. The lowest BCUT2D eigenvalue weighted by molar-refractivity contribution is -0.137. The highest BCUT2D eigenvalue weighted by Gasteiger charge is 2.30. The van der Waals surface area contributed by atoms with Gasteiger partial charge in [-0.05, 0) is 48.5 Å². The Bertz CT molecular complexity index is 938. The summed E-state index contributed by atoms with van der Waals surface area (Å²) in [6.45, 7) is 2.01. The molecule has 6 heteroatoms. The molecule has 0 radical (unpaired) electrons. The number of nitrogens with one attached hydrogen (secondary N) is 2. The van der Waals surface area contributed by atoms with Gasteiger partial charge in [-0.25, -0.2) is 0 Å². The standard InChI is InChI=1S/C22H19F3N2S/c1-15-10-12-17(13-11-15)20(16-6-3-2-4-7-16)27-21(28)26-19-9-5-8-18(14-19)22(23,24)25/h2-14,20H,1H3,(H2,26,27,28). The van der Waals surface area contributed by atoms with Crippen molar-refractivity contribution in [1.29, 1.82) is 0 Å². The fourth-order valence-electron chi connectivity index (χ4n) is 2.84. The van der Waals surface area contributed by atoms with E-state index in [0.29, 0.717) is 0 Å². The first-order valence-electron chi connectivity index (χ1n) is 8.69. The molecule has 0 bridgehead atoms. The smallest absolute Gasteiger partial charge is 0.352 e. The average molecular weight is 400 g/mol. The topological polar surface area (TPSA) is 24.1 Å². The summed E-state index contributed by atoms with van der Waals surface area (Å²) < 4.78 is 38.7. The molecule has 28 heavy (non-hydrogen) atoms.